The molecule has 0 saturated heterocycles. The number of aliphatic imine (C=N–C) groups is 1. The van der Waals surface area contributed by atoms with E-state index in [-0.39, 0.29) is 11.5 Å². The molecule has 0 fully saturated rings. The molecule has 3 nitrogen and oxygen atoms in total. The number of ether oxygens (including phenoxy) is 1. The summed E-state index contributed by atoms with van der Waals surface area (Å²) in [5, 5.41) is 3.47. The Morgan fingerprint density at radius 1 is 1.32 bits per heavy atom. The smallest absolute Gasteiger partial charge is 0.139 e. The van der Waals surface area contributed by atoms with E-state index in [0.29, 0.717) is 6.61 Å². The highest BCUT2D eigenvalue weighted by molar-refractivity contribution is 5.88. The largest absolute Gasteiger partial charge is 0.371 e. The molecule has 0 radical (unpaired) electrons. The summed E-state index contributed by atoms with van der Waals surface area (Å²) in [5.74, 6) is 0.971. The molecule has 0 spiro atoms. The number of amidine groups is 1. The molecule has 2 atom stereocenters. The minimum Gasteiger partial charge on any atom is -0.371 e. The van der Waals surface area contributed by atoms with Crippen LogP contribution in [0.4, 0.5) is 0 Å². The molecular weight excluding hydrogens is 236 g/mol. The maximum absolute atomic E-state index is 5.88. The van der Waals surface area contributed by atoms with Crippen LogP contribution in [0.15, 0.2) is 35.3 Å². The fraction of sp³-hybridized carbons (Fsp3) is 0.562. The second kappa shape index (κ2) is 6.20. The Morgan fingerprint density at radius 3 is 2.58 bits per heavy atom. The molecule has 1 aromatic carbocycles. The highest BCUT2D eigenvalue weighted by Crippen LogP contribution is 2.26. The van der Waals surface area contributed by atoms with E-state index in [9.17, 15) is 0 Å². The summed E-state index contributed by atoms with van der Waals surface area (Å²) in [6.07, 6.45) is 1.08. The van der Waals surface area contributed by atoms with Gasteiger partial charge >= 0.3 is 0 Å². The molecule has 0 bridgehead atoms. The van der Waals surface area contributed by atoms with Crippen LogP contribution in [-0.4, -0.2) is 25.5 Å². The predicted molar refractivity (Wildman–Crippen MR) is 79.5 cm³/mol. The first kappa shape index (κ1) is 14.1. The van der Waals surface area contributed by atoms with E-state index in [1.54, 1.807) is 0 Å². The number of nitrogens with zero attached hydrogens (tertiary/aromatic N) is 1. The van der Waals surface area contributed by atoms with Crippen molar-refractivity contribution in [3.8, 4) is 0 Å². The van der Waals surface area contributed by atoms with E-state index in [1.807, 2.05) is 25.1 Å². The molecule has 0 saturated carbocycles. The maximum atomic E-state index is 5.88. The lowest BCUT2D eigenvalue weighted by Crippen LogP contribution is -2.45. The van der Waals surface area contributed by atoms with Gasteiger partial charge in [-0.25, -0.2) is 0 Å². The van der Waals surface area contributed by atoms with E-state index in [4.69, 9.17) is 9.73 Å². The number of hydrogen-bond donors (Lipinski definition) is 1. The topological polar surface area (TPSA) is 33.6 Å². The predicted octanol–water partition coefficient (Wildman–Crippen LogP) is 3.18. The van der Waals surface area contributed by atoms with Crippen molar-refractivity contribution >= 4 is 5.84 Å². The summed E-state index contributed by atoms with van der Waals surface area (Å²) in [6, 6.07) is 10.3. The van der Waals surface area contributed by atoms with Gasteiger partial charge < -0.3 is 10.1 Å². The van der Waals surface area contributed by atoms with E-state index >= 15 is 0 Å². The second-order valence-corrected chi connectivity index (χ2v) is 5.47. The zero-order valence-corrected chi connectivity index (χ0v) is 12.1. The SMILES string of the molecule is CCOC(C1=NCC(C)(CC)CN1)c1ccccc1. The van der Waals surface area contributed by atoms with Gasteiger partial charge in [0.2, 0.25) is 0 Å². The van der Waals surface area contributed by atoms with Crippen LogP contribution >= 0.6 is 0 Å². The first-order chi connectivity index (χ1) is 9.18. The van der Waals surface area contributed by atoms with Crippen LogP contribution in [0.5, 0.6) is 0 Å². The lowest BCUT2D eigenvalue weighted by molar-refractivity contribution is 0.105. The first-order valence-corrected chi connectivity index (χ1v) is 7.13. The fourth-order valence-electron chi connectivity index (χ4n) is 2.23. The highest BCUT2D eigenvalue weighted by atomic mass is 16.5. The molecule has 0 amide bonds. The van der Waals surface area contributed by atoms with Crippen LogP contribution in [0.25, 0.3) is 0 Å². The average molecular weight is 260 g/mol. The number of rotatable bonds is 5. The van der Waals surface area contributed by atoms with Gasteiger partial charge in [-0.2, -0.15) is 0 Å². The molecule has 1 aromatic rings. The quantitative estimate of drug-likeness (QED) is 0.882. The van der Waals surface area contributed by atoms with E-state index < -0.39 is 0 Å². The van der Waals surface area contributed by atoms with Gasteiger partial charge in [0, 0.05) is 25.1 Å². The lowest BCUT2D eigenvalue weighted by Gasteiger charge is -2.34. The molecule has 0 aromatic heterocycles. The third kappa shape index (κ3) is 3.35. The minimum absolute atomic E-state index is 0.0624. The normalized spacial score (nSPS) is 24.5. The molecule has 2 unspecified atom stereocenters. The van der Waals surface area contributed by atoms with Gasteiger partial charge in [-0.3, -0.25) is 4.99 Å². The number of benzene rings is 1. The Kier molecular flexibility index (Phi) is 4.59. The average Bonchev–Trinajstić information content (AvgIpc) is 2.47. The second-order valence-electron chi connectivity index (χ2n) is 5.47. The van der Waals surface area contributed by atoms with Gasteiger partial charge in [0.25, 0.3) is 0 Å². The van der Waals surface area contributed by atoms with Crippen molar-refractivity contribution in [3.63, 3.8) is 0 Å². The standard InChI is InChI=1S/C16H24N2O/c1-4-16(3)11-17-15(18-12-16)14(19-5-2)13-9-7-6-8-10-13/h6-10,14H,4-5,11-12H2,1-3H3,(H,17,18). The van der Waals surface area contributed by atoms with E-state index in [1.165, 1.54) is 0 Å². The lowest BCUT2D eigenvalue weighted by atomic mass is 9.86. The first-order valence-electron chi connectivity index (χ1n) is 7.13. The Balaban J connectivity index is 2.17. The van der Waals surface area contributed by atoms with Gasteiger partial charge in [-0.15, -0.1) is 0 Å². The van der Waals surface area contributed by atoms with Crippen molar-refractivity contribution in [2.45, 2.75) is 33.3 Å². The molecule has 3 heteroatoms. The van der Waals surface area contributed by atoms with Crippen molar-refractivity contribution in [1.82, 2.24) is 5.32 Å². The zero-order chi connectivity index (χ0) is 13.7. The zero-order valence-electron chi connectivity index (χ0n) is 12.1. The Hall–Kier alpha value is -1.35. The summed E-state index contributed by atoms with van der Waals surface area (Å²) in [7, 11) is 0. The molecule has 1 heterocycles. The van der Waals surface area contributed by atoms with Gasteiger partial charge in [0.05, 0.1) is 0 Å². The van der Waals surface area contributed by atoms with Crippen molar-refractivity contribution in [1.29, 1.82) is 0 Å². The van der Waals surface area contributed by atoms with Crippen LogP contribution in [0, 0.1) is 5.41 Å². The summed E-state index contributed by atoms with van der Waals surface area (Å²) in [5.41, 5.74) is 1.44. The number of hydrogen-bond acceptors (Lipinski definition) is 3. The number of nitrogens with one attached hydrogen (secondary N) is 1. The van der Waals surface area contributed by atoms with E-state index in [0.717, 1.165) is 30.9 Å². The molecular formula is C16H24N2O. The molecule has 1 N–H and O–H groups in total. The minimum atomic E-state index is -0.0624. The molecule has 19 heavy (non-hydrogen) atoms. The van der Waals surface area contributed by atoms with Gasteiger partial charge in [-0.1, -0.05) is 44.2 Å². The summed E-state index contributed by atoms with van der Waals surface area (Å²) in [6.45, 7) is 9.06. The summed E-state index contributed by atoms with van der Waals surface area (Å²) < 4.78 is 5.88. The van der Waals surface area contributed by atoms with E-state index in [2.05, 4.69) is 31.3 Å². The van der Waals surface area contributed by atoms with Crippen molar-refractivity contribution in [3.05, 3.63) is 35.9 Å². The molecule has 0 aliphatic carbocycles. The molecule has 1 aliphatic rings. The molecule has 2 rings (SSSR count). The monoisotopic (exact) mass is 260 g/mol. The molecule has 1 aliphatic heterocycles. The van der Waals surface area contributed by atoms with Gasteiger partial charge in [0.1, 0.15) is 11.9 Å². The third-order valence-electron chi connectivity index (χ3n) is 3.86. The maximum Gasteiger partial charge on any atom is 0.139 e. The Labute approximate surface area is 116 Å². The van der Waals surface area contributed by atoms with Crippen LogP contribution < -0.4 is 5.32 Å². The fourth-order valence-corrected chi connectivity index (χ4v) is 2.23. The van der Waals surface area contributed by atoms with Crippen LogP contribution in [0.1, 0.15) is 38.9 Å². The van der Waals surface area contributed by atoms with Crippen molar-refractivity contribution in [2.75, 3.05) is 19.7 Å². The Morgan fingerprint density at radius 2 is 2.05 bits per heavy atom. The van der Waals surface area contributed by atoms with Crippen LogP contribution in [0.3, 0.4) is 0 Å². The van der Waals surface area contributed by atoms with Gasteiger partial charge in [0.15, 0.2) is 0 Å². The van der Waals surface area contributed by atoms with Crippen molar-refractivity contribution in [2.24, 2.45) is 10.4 Å². The molecule has 104 valence electrons. The Bertz CT molecular complexity index is 430. The van der Waals surface area contributed by atoms with Gasteiger partial charge in [-0.05, 0) is 18.9 Å². The summed E-state index contributed by atoms with van der Waals surface area (Å²) >= 11 is 0. The van der Waals surface area contributed by atoms with Crippen LogP contribution in [-0.2, 0) is 4.74 Å². The highest BCUT2D eigenvalue weighted by Gasteiger charge is 2.29. The van der Waals surface area contributed by atoms with Crippen LogP contribution in [0.2, 0.25) is 0 Å². The third-order valence-corrected chi connectivity index (χ3v) is 3.86. The van der Waals surface area contributed by atoms with Crippen molar-refractivity contribution < 1.29 is 4.74 Å². The summed E-state index contributed by atoms with van der Waals surface area (Å²) in [4.78, 5) is 4.73.